The van der Waals surface area contributed by atoms with Crippen LogP contribution < -0.4 is 5.56 Å². The molecule has 28 heavy (non-hydrogen) atoms. The fraction of sp³-hybridized carbons (Fsp3) is 0.368. The van der Waals surface area contributed by atoms with Gasteiger partial charge in [-0.15, -0.1) is 0 Å². The lowest BCUT2D eigenvalue weighted by Gasteiger charge is -2.33. The Morgan fingerprint density at radius 3 is 2.93 bits per heavy atom. The van der Waals surface area contributed by atoms with E-state index in [2.05, 4.69) is 22.0 Å². The molecule has 1 aliphatic rings. The molecule has 0 aliphatic carbocycles. The normalized spacial score (nSPS) is 17.2. The number of amides is 1. The summed E-state index contributed by atoms with van der Waals surface area (Å²) in [7, 11) is 0. The van der Waals surface area contributed by atoms with Crippen molar-refractivity contribution in [2.24, 2.45) is 0 Å². The molecule has 1 atom stereocenters. The number of thioether (sulfide) groups is 1. The van der Waals surface area contributed by atoms with E-state index in [1.54, 1.807) is 18.2 Å². The second kappa shape index (κ2) is 7.75. The van der Waals surface area contributed by atoms with Crippen LogP contribution in [-0.2, 0) is 4.79 Å². The van der Waals surface area contributed by atoms with Crippen molar-refractivity contribution in [1.29, 1.82) is 0 Å². The summed E-state index contributed by atoms with van der Waals surface area (Å²) < 4.78 is 15.6. The van der Waals surface area contributed by atoms with Gasteiger partial charge in [-0.1, -0.05) is 23.9 Å². The highest BCUT2D eigenvalue weighted by Crippen LogP contribution is 2.24. The van der Waals surface area contributed by atoms with Gasteiger partial charge in [-0.25, -0.2) is 18.9 Å². The number of rotatable bonds is 4. The first kappa shape index (κ1) is 18.7. The van der Waals surface area contributed by atoms with E-state index in [9.17, 15) is 14.0 Å². The molecule has 0 unspecified atom stereocenters. The summed E-state index contributed by atoms with van der Waals surface area (Å²) >= 11 is 1.21. The summed E-state index contributed by atoms with van der Waals surface area (Å²) in [4.78, 5) is 35.0. The average Bonchev–Trinajstić information content (AvgIpc) is 3.06. The number of nitrogens with one attached hydrogen (secondary N) is 1. The maximum Gasteiger partial charge on any atom is 0.266 e. The fourth-order valence-corrected chi connectivity index (χ4v) is 4.26. The third kappa shape index (κ3) is 3.66. The predicted octanol–water partition coefficient (Wildman–Crippen LogP) is 2.72. The Morgan fingerprint density at radius 1 is 1.32 bits per heavy atom. The predicted molar refractivity (Wildman–Crippen MR) is 105 cm³/mol. The van der Waals surface area contributed by atoms with Crippen LogP contribution >= 0.6 is 11.8 Å². The molecule has 0 radical (unpaired) electrons. The van der Waals surface area contributed by atoms with Gasteiger partial charge in [0.2, 0.25) is 5.91 Å². The Labute approximate surface area is 165 Å². The molecule has 1 amide bonds. The number of hydrogen-bond donors (Lipinski definition) is 1. The van der Waals surface area contributed by atoms with Crippen LogP contribution in [-0.4, -0.2) is 48.7 Å². The third-order valence-corrected chi connectivity index (χ3v) is 5.81. The molecule has 0 bridgehead atoms. The van der Waals surface area contributed by atoms with Gasteiger partial charge in [0.15, 0.2) is 16.6 Å². The number of nitrogens with zero attached hydrogens (tertiary/aromatic N) is 4. The number of aromatic nitrogens is 4. The molecule has 2 aromatic heterocycles. The summed E-state index contributed by atoms with van der Waals surface area (Å²) in [5.74, 6) is -0.0453. The van der Waals surface area contributed by atoms with E-state index < -0.39 is 5.82 Å². The summed E-state index contributed by atoms with van der Waals surface area (Å²) in [5, 5.41) is 3.02. The van der Waals surface area contributed by atoms with Gasteiger partial charge in [-0.05, 0) is 38.3 Å². The van der Waals surface area contributed by atoms with Crippen molar-refractivity contribution in [1.82, 2.24) is 24.5 Å². The second-order valence-electron chi connectivity index (χ2n) is 6.84. The van der Waals surface area contributed by atoms with Crippen molar-refractivity contribution in [3.63, 3.8) is 0 Å². The van der Waals surface area contributed by atoms with Gasteiger partial charge < -0.3 is 4.90 Å². The Hall–Kier alpha value is -2.68. The average molecular weight is 401 g/mol. The number of piperidine rings is 1. The molecule has 1 saturated heterocycles. The minimum Gasteiger partial charge on any atom is -0.339 e. The minimum absolute atomic E-state index is 0.0332. The monoisotopic (exact) mass is 401 g/mol. The maximum absolute atomic E-state index is 14.2. The highest BCUT2D eigenvalue weighted by molar-refractivity contribution is 7.99. The number of carbonyl (C=O) groups is 1. The number of carbonyl (C=O) groups excluding carboxylic acids is 1. The lowest BCUT2D eigenvalue weighted by molar-refractivity contribution is -0.131. The number of halogens is 1. The quantitative estimate of drug-likeness (QED) is 0.680. The molecule has 0 spiro atoms. The molecule has 3 aromatic rings. The van der Waals surface area contributed by atoms with Crippen LogP contribution in [0, 0.1) is 5.82 Å². The molecule has 146 valence electrons. The molecule has 4 rings (SSSR count). The molecule has 1 N–H and O–H groups in total. The molecule has 0 saturated carbocycles. The third-order valence-electron chi connectivity index (χ3n) is 4.89. The lowest BCUT2D eigenvalue weighted by Crippen LogP contribution is -2.43. The standard InChI is InChI=1S/C19H20FN5O2S/c1-12-6-4-5-9-24(12)17(27)11-28-19-22-18(13-7-2-3-8-14(13)20)21-15-10-16(26)23-25(15)19/h2-3,7-8,10,12H,4-6,9,11H2,1H3,(H,23,26)/t12-/m0/s1. The number of hydrogen-bond acceptors (Lipinski definition) is 5. The van der Waals surface area contributed by atoms with Crippen LogP contribution in [0.2, 0.25) is 0 Å². The van der Waals surface area contributed by atoms with Gasteiger partial charge in [0.05, 0.1) is 11.3 Å². The number of likely N-dealkylation sites (tertiary alicyclic amines) is 1. The summed E-state index contributed by atoms with van der Waals surface area (Å²) in [6.07, 6.45) is 3.17. The molecule has 1 aromatic carbocycles. The van der Waals surface area contributed by atoms with Crippen molar-refractivity contribution < 1.29 is 9.18 Å². The van der Waals surface area contributed by atoms with Gasteiger partial charge in [0.1, 0.15) is 5.82 Å². The molecule has 3 heterocycles. The first-order valence-electron chi connectivity index (χ1n) is 9.20. The number of H-pyrrole nitrogens is 1. The molecule has 1 aliphatic heterocycles. The molecule has 7 nitrogen and oxygen atoms in total. The molecular formula is C19H20FN5O2S. The SMILES string of the molecule is C[C@H]1CCCCN1C(=O)CSc1nc(-c2ccccc2F)nc2cc(=O)[nH]n12. The van der Waals surface area contributed by atoms with Crippen LogP contribution in [0.3, 0.4) is 0 Å². The lowest BCUT2D eigenvalue weighted by atomic mass is 10.0. The smallest absolute Gasteiger partial charge is 0.266 e. The number of benzene rings is 1. The van der Waals surface area contributed by atoms with Crippen LogP contribution in [0.1, 0.15) is 26.2 Å². The summed E-state index contributed by atoms with van der Waals surface area (Å²) in [6.45, 7) is 2.82. The van der Waals surface area contributed by atoms with Crippen LogP contribution in [0.4, 0.5) is 4.39 Å². The summed E-state index contributed by atoms with van der Waals surface area (Å²) in [5.41, 5.74) is 0.244. The van der Waals surface area contributed by atoms with Crippen molar-refractivity contribution in [3.8, 4) is 11.4 Å². The zero-order chi connectivity index (χ0) is 19.7. The first-order chi connectivity index (χ1) is 13.5. The van der Waals surface area contributed by atoms with Gasteiger partial charge in [-0.2, -0.15) is 0 Å². The fourth-order valence-electron chi connectivity index (χ4n) is 3.42. The van der Waals surface area contributed by atoms with E-state index in [1.807, 2.05) is 4.90 Å². The first-order valence-corrected chi connectivity index (χ1v) is 10.2. The van der Waals surface area contributed by atoms with E-state index in [1.165, 1.54) is 28.4 Å². The van der Waals surface area contributed by atoms with Gasteiger partial charge in [-0.3, -0.25) is 14.7 Å². The Bertz CT molecular complexity index is 1080. The van der Waals surface area contributed by atoms with E-state index in [-0.39, 0.29) is 34.6 Å². The Kier molecular flexibility index (Phi) is 5.17. The van der Waals surface area contributed by atoms with E-state index >= 15 is 0 Å². The Balaban J connectivity index is 1.65. The van der Waals surface area contributed by atoms with E-state index in [4.69, 9.17) is 0 Å². The molecule has 9 heteroatoms. The second-order valence-corrected chi connectivity index (χ2v) is 7.79. The van der Waals surface area contributed by atoms with Gasteiger partial charge in [0.25, 0.3) is 5.56 Å². The number of aromatic amines is 1. The topological polar surface area (TPSA) is 83.4 Å². The molecule has 1 fully saturated rings. The van der Waals surface area contributed by atoms with Gasteiger partial charge in [0, 0.05) is 18.7 Å². The van der Waals surface area contributed by atoms with Crippen molar-refractivity contribution >= 4 is 23.3 Å². The van der Waals surface area contributed by atoms with Crippen LogP contribution in [0.5, 0.6) is 0 Å². The summed E-state index contributed by atoms with van der Waals surface area (Å²) in [6, 6.07) is 7.76. The van der Waals surface area contributed by atoms with Crippen LogP contribution in [0.25, 0.3) is 17.0 Å². The van der Waals surface area contributed by atoms with Crippen molar-refractivity contribution in [3.05, 3.63) is 46.5 Å². The largest absolute Gasteiger partial charge is 0.339 e. The maximum atomic E-state index is 14.2. The van der Waals surface area contributed by atoms with E-state index in [0.717, 1.165) is 25.8 Å². The highest BCUT2D eigenvalue weighted by atomic mass is 32.2. The Morgan fingerprint density at radius 2 is 2.14 bits per heavy atom. The highest BCUT2D eigenvalue weighted by Gasteiger charge is 2.24. The zero-order valence-electron chi connectivity index (χ0n) is 15.4. The molecular weight excluding hydrogens is 381 g/mol. The van der Waals surface area contributed by atoms with Crippen molar-refractivity contribution in [2.45, 2.75) is 37.4 Å². The van der Waals surface area contributed by atoms with E-state index in [0.29, 0.717) is 10.8 Å². The number of fused-ring (bicyclic) bond motifs is 1. The zero-order valence-corrected chi connectivity index (χ0v) is 16.2. The van der Waals surface area contributed by atoms with Crippen molar-refractivity contribution in [2.75, 3.05) is 12.3 Å². The van der Waals surface area contributed by atoms with Gasteiger partial charge >= 0.3 is 0 Å². The minimum atomic E-state index is -0.445. The van der Waals surface area contributed by atoms with Crippen LogP contribution in [0.15, 0.2) is 40.3 Å².